The Bertz CT molecular complexity index is 282. The molecule has 0 heterocycles. The van der Waals surface area contributed by atoms with Gasteiger partial charge in [-0.3, -0.25) is 0 Å². The van der Waals surface area contributed by atoms with Crippen molar-refractivity contribution in [3.8, 4) is 0 Å². The summed E-state index contributed by atoms with van der Waals surface area (Å²) in [6, 6.07) is 8.28. The summed E-state index contributed by atoms with van der Waals surface area (Å²) in [6.07, 6.45) is 0.153. The van der Waals surface area contributed by atoms with Crippen molar-refractivity contribution in [2.75, 3.05) is 11.9 Å². The Morgan fingerprint density at radius 3 is 2.27 bits per heavy atom. The van der Waals surface area contributed by atoms with Crippen LogP contribution in [0.25, 0.3) is 0 Å². The second-order valence-corrected chi connectivity index (χ2v) is 5.48. The van der Waals surface area contributed by atoms with Gasteiger partial charge in [0.1, 0.15) is 0 Å². The molecule has 0 aliphatic heterocycles. The number of hydrogen-bond donors (Lipinski definition) is 0. The summed E-state index contributed by atoms with van der Waals surface area (Å²) < 4.78 is 6.92. The van der Waals surface area contributed by atoms with Crippen molar-refractivity contribution in [2.24, 2.45) is 5.92 Å². The molecule has 0 fully saturated rings. The summed E-state index contributed by atoms with van der Waals surface area (Å²) >= 11 is 6.91. The maximum absolute atomic E-state index is 5.82. The van der Waals surface area contributed by atoms with Gasteiger partial charge in [-0.25, -0.2) is 0 Å². The number of benzene rings is 1. The van der Waals surface area contributed by atoms with Gasteiger partial charge in [0.15, 0.2) is 0 Å². The Hall–Kier alpha value is 0.140. The summed E-state index contributed by atoms with van der Waals surface area (Å²) in [5.74, 6) is 0.571. The summed E-state index contributed by atoms with van der Waals surface area (Å²) in [5.41, 5.74) is 1.22. The minimum Gasteiger partial charge on any atom is -0.372 e. The van der Waals surface area contributed by atoms with Crippen molar-refractivity contribution >= 4 is 31.9 Å². The SMILES string of the molecule is CC(C)COC(CBr)c1ccc(Br)cc1. The van der Waals surface area contributed by atoms with Crippen molar-refractivity contribution in [2.45, 2.75) is 20.0 Å². The molecule has 0 spiro atoms. The molecule has 1 aromatic carbocycles. The largest absolute Gasteiger partial charge is 0.372 e. The molecule has 0 bridgehead atoms. The quantitative estimate of drug-likeness (QED) is 0.717. The molecule has 0 aromatic heterocycles. The molecule has 0 aliphatic rings. The predicted octanol–water partition coefficient (Wildman–Crippen LogP) is 4.56. The van der Waals surface area contributed by atoms with E-state index in [2.05, 4.69) is 57.8 Å². The third kappa shape index (κ3) is 4.66. The molecule has 1 atom stereocenters. The Balaban J connectivity index is 2.61. The molecule has 0 aliphatic carbocycles. The second kappa shape index (κ2) is 6.66. The minimum atomic E-state index is 0.153. The van der Waals surface area contributed by atoms with Crippen LogP contribution >= 0.6 is 31.9 Å². The molecule has 15 heavy (non-hydrogen) atoms. The van der Waals surface area contributed by atoms with E-state index in [0.717, 1.165) is 16.4 Å². The molecule has 0 amide bonds. The zero-order valence-electron chi connectivity index (χ0n) is 9.04. The Labute approximate surface area is 108 Å². The Kier molecular flexibility index (Phi) is 5.87. The van der Waals surface area contributed by atoms with Crippen LogP contribution in [0.4, 0.5) is 0 Å². The van der Waals surface area contributed by atoms with E-state index in [-0.39, 0.29) is 6.10 Å². The van der Waals surface area contributed by atoms with E-state index in [9.17, 15) is 0 Å². The highest BCUT2D eigenvalue weighted by atomic mass is 79.9. The maximum Gasteiger partial charge on any atom is 0.0921 e. The molecular weight excluding hydrogens is 320 g/mol. The van der Waals surface area contributed by atoms with Crippen molar-refractivity contribution in [1.29, 1.82) is 0 Å². The summed E-state index contributed by atoms with van der Waals surface area (Å²) in [4.78, 5) is 0. The predicted molar refractivity (Wildman–Crippen MR) is 71.5 cm³/mol. The lowest BCUT2D eigenvalue weighted by molar-refractivity contribution is 0.0507. The van der Waals surface area contributed by atoms with E-state index >= 15 is 0 Å². The van der Waals surface area contributed by atoms with Gasteiger partial charge in [0.05, 0.1) is 6.10 Å². The van der Waals surface area contributed by atoms with Crippen molar-refractivity contribution < 1.29 is 4.74 Å². The topological polar surface area (TPSA) is 9.23 Å². The van der Waals surface area contributed by atoms with Gasteiger partial charge >= 0.3 is 0 Å². The average molecular weight is 336 g/mol. The Morgan fingerprint density at radius 1 is 1.20 bits per heavy atom. The fourth-order valence-corrected chi connectivity index (χ4v) is 2.04. The summed E-state index contributed by atoms with van der Waals surface area (Å²) in [5, 5.41) is 0.835. The van der Waals surface area contributed by atoms with E-state index < -0.39 is 0 Å². The standard InChI is InChI=1S/C12H16Br2O/c1-9(2)8-15-12(7-13)10-3-5-11(14)6-4-10/h3-6,9,12H,7-8H2,1-2H3. The normalized spacial score (nSPS) is 13.1. The molecule has 3 heteroatoms. The maximum atomic E-state index is 5.82. The molecule has 0 N–H and O–H groups in total. The first kappa shape index (κ1) is 13.2. The van der Waals surface area contributed by atoms with E-state index in [1.165, 1.54) is 5.56 Å². The van der Waals surface area contributed by atoms with Gasteiger partial charge in [0.25, 0.3) is 0 Å². The highest BCUT2D eigenvalue weighted by Crippen LogP contribution is 2.22. The third-order valence-corrected chi connectivity index (χ3v) is 3.13. The van der Waals surface area contributed by atoms with E-state index in [1.807, 2.05) is 12.1 Å². The summed E-state index contributed by atoms with van der Waals surface area (Å²) in [6.45, 7) is 5.12. The van der Waals surface area contributed by atoms with E-state index in [1.54, 1.807) is 0 Å². The zero-order valence-corrected chi connectivity index (χ0v) is 12.2. The first-order valence-electron chi connectivity index (χ1n) is 5.06. The number of hydrogen-bond acceptors (Lipinski definition) is 1. The Morgan fingerprint density at radius 2 is 1.80 bits per heavy atom. The second-order valence-electron chi connectivity index (χ2n) is 3.92. The van der Waals surface area contributed by atoms with Gasteiger partial charge in [0, 0.05) is 16.4 Å². The van der Waals surface area contributed by atoms with Crippen LogP contribution in [0.5, 0.6) is 0 Å². The molecule has 84 valence electrons. The lowest BCUT2D eigenvalue weighted by Crippen LogP contribution is -2.10. The average Bonchev–Trinajstić information content (AvgIpc) is 2.21. The number of rotatable bonds is 5. The highest BCUT2D eigenvalue weighted by Gasteiger charge is 2.10. The zero-order chi connectivity index (χ0) is 11.3. The van der Waals surface area contributed by atoms with Crippen LogP contribution in [0, 0.1) is 5.92 Å². The molecule has 1 unspecified atom stereocenters. The molecular formula is C12H16Br2O. The number of alkyl halides is 1. The van der Waals surface area contributed by atoms with Gasteiger partial charge in [-0.15, -0.1) is 0 Å². The fraction of sp³-hybridized carbons (Fsp3) is 0.500. The van der Waals surface area contributed by atoms with Crippen LogP contribution < -0.4 is 0 Å². The van der Waals surface area contributed by atoms with Crippen LogP contribution in [0.3, 0.4) is 0 Å². The number of halogens is 2. The van der Waals surface area contributed by atoms with Crippen LogP contribution in [0.15, 0.2) is 28.7 Å². The van der Waals surface area contributed by atoms with Gasteiger partial charge in [-0.2, -0.15) is 0 Å². The van der Waals surface area contributed by atoms with Crippen LogP contribution in [-0.2, 0) is 4.74 Å². The number of ether oxygens (including phenoxy) is 1. The first-order chi connectivity index (χ1) is 7.13. The summed E-state index contributed by atoms with van der Waals surface area (Å²) in [7, 11) is 0. The lowest BCUT2D eigenvalue weighted by atomic mass is 10.1. The minimum absolute atomic E-state index is 0.153. The van der Waals surface area contributed by atoms with Crippen molar-refractivity contribution in [3.05, 3.63) is 34.3 Å². The lowest BCUT2D eigenvalue weighted by Gasteiger charge is -2.17. The van der Waals surface area contributed by atoms with E-state index in [0.29, 0.717) is 5.92 Å². The van der Waals surface area contributed by atoms with Gasteiger partial charge < -0.3 is 4.74 Å². The van der Waals surface area contributed by atoms with Crippen molar-refractivity contribution in [3.63, 3.8) is 0 Å². The molecule has 0 saturated heterocycles. The fourth-order valence-electron chi connectivity index (χ4n) is 1.22. The third-order valence-electron chi connectivity index (χ3n) is 2.01. The smallest absolute Gasteiger partial charge is 0.0921 e. The first-order valence-corrected chi connectivity index (χ1v) is 6.98. The van der Waals surface area contributed by atoms with Crippen LogP contribution in [-0.4, -0.2) is 11.9 Å². The van der Waals surface area contributed by atoms with Gasteiger partial charge in [-0.1, -0.05) is 57.8 Å². The van der Waals surface area contributed by atoms with Crippen molar-refractivity contribution in [1.82, 2.24) is 0 Å². The van der Waals surface area contributed by atoms with Crippen LogP contribution in [0.1, 0.15) is 25.5 Å². The highest BCUT2D eigenvalue weighted by molar-refractivity contribution is 9.10. The van der Waals surface area contributed by atoms with Gasteiger partial charge in [-0.05, 0) is 23.6 Å². The monoisotopic (exact) mass is 334 g/mol. The van der Waals surface area contributed by atoms with E-state index in [4.69, 9.17) is 4.74 Å². The van der Waals surface area contributed by atoms with Gasteiger partial charge in [0.2, 0.25) is 0 Å². The van der Waals surface area contributed by atoms with Crippen LogP contribution in [0.2, 0.25) is 0 Å². The molecule has 1 aromatic rings. The molecule has 0 radical (unpaired) electrons. The molecule has 0 saturated carbocycles. The molecule has 1 rings (SSSR count). The molecule has 1 nitrogen and oxygen atoms in total.